The molecule has 0 aromatic carbocycles. The SMILES string of the molecule is Cc1nc(-c2ccc(Br)s2)sc1C1(CN)CC1. The lowest BCUT2D eigenvalue weighted by Crippen LogP contribution is -2.19. The molecule has 2 nitrogen and oxygen atoms in total. The minimum absolute atomic E-state index is 0.258. The highest BCUT2D eigenvalue weighted by atomic mass is 79.9. The van der Waals surface area contributed by atoms with Crippen molar-refractivity contribution in [3.63, 3.8) is 0 Å². The number of hydrogen-bond donors (Lipinski definition) is 1. The summed E-state index contributed by atoms with van der Waals surface area (Å²) in [5.74, 6) is 0. The number of nitrogens with two attached hydrogens (primary N) is 1. The summed E-state index contributed by atoms with van der Waals surface area (Å²) in [6, 6.07) is 4.20. The fraction of sp³-hybridized carbons (Fsp3) is 0.417. The van der Waals surface area contributed by atoms with E-state index in [2.05, 4.69) is 35.0 Å². The molecule has 0 bridgehead atoms. The molecular weight excluding hydrogens is 316 g/mol. The quantitative estimate of drug-likeness (QED) is 0.926. The van der Waals surface area contributed by atoms with Crippen molar-refractivity contribution in [3.8, 4) is 9.88 Å². The highest BCUT2D eigenvalue weighted by molar-refractivity contribution is 9.11. The topological polar surface area (TPSA) is 38.9 Å². The number of aromatic nitrogens is 1. The van der Waals surface area contributed by atoms with Crippen LogP contribution in [-0.4, -0.2) is 11.5 Å². The van der Waals surface area contributed by atoms with Crippen LogP contribution in [0.1, 0.15) is 23.4 Å². The number of hydrogen-bond acceptors (Lipinski definition) is 4. The zero-order valence-electron chi connectivity index (χ0n) is 9.50. The highest BCUT2D eigenvalue weighted by Crippen LogP contribution is 2.51. The van der Waals surface area contributed by atoms with Gasteiger partial charge in [-0.3, -0.25) is 0 Å². The van der Waals surface area contributed by atoms with Gasteiger partial charge < -0.3 is 5.73 Å². The van der Waals surface area contributed by atoms with E-state index >= 15 is 0 Å². The molecule has 1 saturated carbocycles. The van der Waals surface area contributed by atoms with Gasteiger partial charge in [-0.05, 0) is 47.8 Å². The minimum Gasteiger partial charge on any atom is -0.330 e. The van der Waals surface area contributed by atoms with Gasteiger partial charge in [0.05, 0.1) is 14.4 Å². The molecule has 3 rings (SSSR count). The van der Waals surface area contributed by atoms with Crippen molar-refractivity contribution in [2.75, 3.05) is 6.54 Å². The van der Waals surface area contributed by atoms with Crippen LogP contribution >= 0.6 is 38.6 Å². The zero-order chi connectivity index (χ0) is 12.0. The van der Waals surface area contributed by atoms with Crippen molar-refractivity contribution < 1.29 is 0 Å². The van der Waals surface area contributed by atoms with Crippen LogP contribution in [0.3, 0.4) is 0 Å². The van der Waals surface area contributed by atoms with Crippen LogP contribution in [0.4, 0.5) is 0 Å². The van der Waals surface area contributed by atoms with Gasteiger partial charge in [0.2, 0.25) is 0 Å². The molecule has 90 valence electrons. The molecule has 5 heteroatoms. The first-order valence-electron chi connectivity index (χ1n) is 5.58. The van der Waals surface area contributed by atoms with Gasteiger partial charge in [0.25, 0.3) is 0 Å². The molecule has 1 aliphatic rings. The number of thiazole rings is 1. The fourth-order valence-corrected chi connectivity index (χ4v) is 4.86. The summed E-state index contributed by atoms with van der Waals surface area (Å²) in [5, 5.41) is 1.13. The second kappa shape index (κ2) is 4.16. The Morgan fingerprint density at radius 2 is 2.18 bits per heavy atom. The van der Waals surface area contributed by atoms with Crippen molar-refractivity contribution in [1.82, 2.24) is 4.98 Å². The number of aryl methyl sites for hydroxylation is 1. The van der Waals surface area contributed by atoms with Gasteiger partial charge in [0.15, 0.2) is 0 Å². The summed E-state index contributed by atoms with van der Waals surface area (Å²) in [6.07, 6.45) is 2.44. The lowest BCUT2D eigenvalue weighted by Gasteiger charge is -2.09. The van der Waals surface area contributed by atoms with E-state index in [1.54, 1.807) is 11.3 Å². The predicted octanol–water partition coefficient (Wildman–Crippen LogP) is 3.93. The van der Waals surface area contributed by atoms with Crippen LogP contribution in [0.15, 0.2) is 15.9 Å². The summed E-state index contributed by atoms with van der Waals surface area (Å²) >= 11 is 7.05. The molecule has 2 heterocycles. The molecule has 0 atom stereocenters. The number of thiophene rings is 1. The summed E-state index contributed by atoms with van der Waals surface area (Å²) in [6.45, 7) is 2.86. The third-order valence-electron chi connectivity index (χ3n) is 3.31. The third-order valence-corrected chi connectivity index (χ3v) is 6.50. The lowest BCUT2D eigenvalue weighted by molar-refractivity contribution is 0.712. The third kappa shape index (κ3) is 1.99. The Bertz CT molecular complexity index is 555. The molecule has 2 aromatic heterocycles. The number of rotatable bonds is 3. The Labute approximate surface area is 117 Å². The van der Waals surface area contributed by atoms with E-state index in [4.69, 9.17) is 10.7 Å². The lowest BCUT2D eigenvalue weighted by atomic mass is 10.0. The second-order valence-electron chi connectivity index (χ2n) is 4.52. The van der Waals surface area contributed by atoms with Crippen molar-refractivity contribution >= 4 is 38.6 Å². The van der Waals surface area contributed by atoms with Crippen molar-refractivity contribution in [3.05, 3.63) is 26.5 Å². The predicted molar refractivity (Wildman–Crippen MR) is 77.8 cm³/mol. The molecule has 2 N–H and O–H groups in total. The maximum Gasteiger partial charge on any atom is 0.133 e. The van der Waals surface area contributed by atoms with Crippen LogP contribution in [0, 0.1) is 6.92 Å². The molecular formula is C12H13BrN2S2. The Hall–Kier alpha value is -0.230. The Kier molecular flexibility index (Phi) is 2.89. The maximum absolute atomic E-state index is 5.90. The zero-order valence-corrected chi connectivity index (χ0v) is 12.7. The van der Waals surface area contributed by atoms with Crippen molar-refractivity contribution in [1.29, 1.82) is 0 Å². The van der Waals surface area contributed by atoms with E-state index in [0.717, 1.165) is 21.0 Å². The van der Waals surface area contributed by atoms with E-state index in [1.165, 1.54) is 22.6 Å². The first-order valence-corrected chi connectivity index (χ1v) is 8.01. The van der Waals surface area contributed by atoms with Crippen LogP contribution < -0.4 is 5.73 Å². The Balaban J connectivity index is 2.01. The molecule has 17 heavy (non-hydrogen) atoms. The van der Waals surface area contributed by atoms with Gasteiger partial charge in [-0.2, -0.15) is 0 Å². The van der Waals surface area contributed by atoms with E-state index in [-0.39, 0.29) is 5.41 Å². The second-order valence-corrected chi connectivity index (χ2v) is 7.98. The van der Waals surface area contributed by atoms with Crippen molar-refractivity contribution in [2.45, 2.75) is 25.2 Å². The summed E-state index contributed by atoms with van der Waals surface area (Å²) in [4.78, 5) is 7.34. The van der Waals surface area contributed by atoms with Crippen molar-refractivity contribution in [2.24, 2.45) is 5.73 Å². The molecule has 0 radical (unpaired) electrons. The van der Waals surface area contributed by atoms with E-state index in [9.17, 15) is 0 Å². The Morgan fingerprint density at radius 3 is 2.71 bits per heavy atom. The van der Waals surface area contributed by atoms with Crippen LogP contribution in [0.25, 0.3) is 9.88 Å². The normalized spacial score (nSPS) is 17.4. The van der Waals surface area contributed by atoms with Gasteiger partial charge in [-0.25, -0.2) is 4.98 Å². The summed E-state index contributed by atoms with van der Waals surface area (Å²) < 4.78 is 1.15. The average Bonchev–Trinajstić information content (AvgIpc) is 2.83. The van der Waals surface area contributed by atoms with E-state index < -0.39 is 0 Å². The van der Waals surface area contributed by atoms with Gasteiger partial charge in [0, 0.05) is 16.8 Å². The molecule has 2 aromatic rings. The molecule has 0 aliphatic heterocycles. The van der Waals surface area contributed by atoms with Crippen LogP contribution in [0.5, 0.6) is 0 Å². The molecule has 1 aliphatic carbocycles. The van der Waals surface area contributed by atoms with Gasteiger partial charge in [0.1, 0.15) is 5.01 Å². The number of nitrogens with zero attached hydrogens (tertiary/aromatic N) is 1. The largest absolute Gasteiger partial charge is 0.330 e. The van der Waals surface area contributed by atoms with Crippen LogP contribution in [-0.2, 0) is 5.41 Å². The first-order chi connectivity index (χ1) is 8.14. The molecule has 0 unspecified atom stereocenters. The first kappa shape index (κ1) is 11.8. The molecule has 0 spiro atoms. The molecule has 0 saturated heterocycles. The smallest absolute Gasteiger partial charge is 0.133 e. The van der Waals surface area contributed by atoms with Crippen LogP contribution in [0.2, 0.25) is 0 Å². The molecule has 0 amide bonds. The average molecular weight is 329 g/mol. The summed E-state index contributed by atoms with van der Waals surface area (Å²) in [7, 11) is 0. The van der Waals surface area contributed by atoms with Gasteiger partial charge in [-0.1, -0.05) is 0 Å². The highest BCUT2D eigenvalue weighted by Gasteiger charge is 2.45. The Morgan fingerprint density at radius 1 is 1.41 bits per heavy atom. The molecule has 1 fully saturated rings. The standard InChI is InChI=1S/C12H13BrN2S2/c1-7-10(12(6-14)4-5-12)17-11(15-7)8-2-3-9(13)16-8/h2-3H,4-6,14H2,1H3. The van der Waals surface area contributed by atoms with Gasteiger partial charge in [-0.15, -0.1) is 22.7 Å². The monoisotopic (exact) mass is 328 g/mol. The number of halogens is 1. The summed E-state index contributed by atoms with van der Waals surface area (Å²) in [5.41, 5.74) is 7.32. The fourth-order valence-electron chi connectivity index (χ4n) is 2.10. The van der Waals surface area contributed by atoms with Gasteiger partial charge >= 0.3 is 0 Å². The minimum atomic E-state index is 0.258. The van der Waals surface area contributed by atoms with E-state index in [1.807, 2.05) is 11.3 Å². The maximum atomic E-state index is 5.90. The van der Waals surface area contributed by atoms with E-state index in [0.29, 0.717) is 0 Å².